The Bertz CT molecular complexity index is 561. The predicted molar refractivity (Wildman–Crippen MR) is 84.8 cm³/mol. The number of rotatable bonds is 6. The van der Waals surface area contributed by atoms with E-state index in [2.05, 4.69) is 24.1 Å². The van der Waals surface area contributed by atoms with Crippen LogP contribution in [-0.2, 0) is 4.79 Å². The Labute approximate surface area is 126 Å². The van der Waals surface area contributed by atoms with Crippen molar-refractivity contribution in [3.05, 3.63) is 35.4 Å². The minimum absolute atomic E-state index is 0.164. The molecule has 1 N–H and O–H groups in total. The van der Waals surface area contributed by atoms with Crippen LogP contribution in [0.25, 0.3) is 6.08 Å². The minimum Gasteiger partial charge on any atom is -0.372 e. The Morgan fingerprint density at radius 3 is 2.43 bits per heavy atom. The molecule has 1 aliphatic carbocycles. The van der Waals surface area contributed by atoms with Gasteiger partial charge in [0, 0.05) is 24.8 Å². The fourth-order valence-corrected chi connectivity index (χ4v) is 2.18. The summed E-state index contributed by atoms with van der Waals surface area (Å²) in [7, 11) is 0. The van der Waals surface area contributed by atoms with Gasteiger partial charge in [-0.1, -0.05) is 12.1 Å². The molecule has 1 aromatic rings. The third-order valence-corrected chi connectivity index (χ3v) is 3.61. The number of benzene rings is 1. The molecule has 4 nitrogen and oxygen atoms in total. The molecule has 4 heteroatoms. The van der Waals surface area contributed by atoms with Gasteiger partial charge < -0.3 is 10.2 Å². The highest BCUT2D eigenvalue weighted by molar-refractivity contribution is 6.02. The molecule has 0 radical (unpaired) electrons. The average Bonchev–Trinajstić information content (AvgIpc) is 3.31. The van der Waals surface area contributed by atoms with Gasteiger partial charge in [0.2, 0.25) is 0 Å². The molecular weight excluding hydrogens is 262 g/mol. The normalized spacial score (nSPS) is 14.4. The largest absolute Gasteiger partial charge is 0.372 e. The van der Waals surface area contributed by atoms with E-state index >= 15 is 0 Å². The van der Waals surface area contributed by atoms with Crippen LogP contribution in [0.1, 0.15) is 32.3 Å². The molecule has 0 spiro atoms. The summed E-state index contributed by atoms with van der Waals surface area (Å²) in [6, 6.07) is 10.2. The van der Waals surface area contributed by atoms with E-state index in [1.807, 2.05) is 30.3 Å². The number of nitriles is 1. The van der Waals surface area contributed by atoms with Gasteiger partial charge in [-0.25, -0.2) is 0 Å². The average molecular weight is 283 g/mol. The minimum atomic E-state index is -0.271. The number of nitrogens with zero attached hydrogens (tertiary/aromatic N) is 2. The van der Waals surface area contributed by atoms with Gasteiger partial charge in [-0.15, -0.1) is 0 Å². The highest BCUT2D eigenvalue weighted by atomic mass is 16.1. The first kappa shape index (κ1) is 15.1. The lowest BCUT2D eigenvalue weighted by Crippen LogP contribution is -2.26. The lowest BCUT2D eigenvalue weighted by Gasteiger charge is -2.20. The second kappa shape index (κ2) is 6.94. The lowest BCUT2D eigenvalue weighted by molar-refractivity contribution is -0.117. The van der Waals surface area contributed by atoms with Crippen LogP contribution in [-0.4, -0.2) is 25.0 Å². The maximum atomic E-state index is 11.9. The summed E-state index contributed by atoms with van der Waals surface area (Å²) in [6.45, 7) is 6.15. The van der Waals surface area contributed by atoms with Gasteiger partial charge in [0.05, 0.1) is 0 Å². The maximum absolute atomic E-state index is 11.9. The summed E-state index contributed by atoms with van der Waals surface area (Å²) < 4.78 is 0. The SMILES string of the molecule is CCN(CC)c1ccc(C=C(C#N)C(=O)NC2CC2)cc1. The summed E-state index contributed by atoms with van der Waals surface area (Å²) >= 11 is 0. The van der Waals surface area contributed by atoms with Crippen LogP contribution in [0.3, 0.4) is 0 Å². The quantitative estimate of drug-likeness (QED) is 0.645. The van der Waals surface area contributed by atoms with E-state index in [0.29, 0.717) is 0 Å². The van der Waals surface area contributed by atoms with E-state index in [-0.39, 0.29) is 17.5 Å². The van der Waals surface area contributed by atoms with E-state index in [1.165, 1.54) is 0 Å². The van der Waals surface area contributed by atoms with Gasteiger partial charge >= 0.3 is 0 Å². The standard InChI is InChI=1S/C17H21N3O/c1-3-20(4-2)16-9-5-13(6-10-16)11-14(12-18)17(21)19-15-7-8-15/h5-6,9-11,15H,3-4,7-8H2,1-2H3,(H,19,21). The monoisotopic (exact) mass is 283 g/mol. The third-order valence-electron chi connectivity index (χ3n) is 3.61. The number of nitrogens with one attached hydrogen (secondary N) is 1. The summed E-state index contributed by atoms with van der Waals surface area (Å²) in [5, 5.41) is 12.0. The van der Waals surface area contributed by atoms with Crippen LogP contribution in [0.5, 0.6) is 0 Å². The van der Waals surface area contributed by atoms with Crippen molar-refractivity contribution in [3.63, 3.8) is 0 Å². The molecule has 110 valence electrons. The van der Waals surface area contributed by atoms with Gasteiger partial charge in [-0.2, -0.15) is 5.26 Å². The second-order valence-corrected chi connectivity index (χ2v) is 5.18. The molecule has 21 heavy (non-hydrogen) atoms. The van der Waals surface area contributed by atoms with Crippen molar-refractivity contribution in [3.8, 4) is 6.07 Å². The molecule has 1 aromatic carbocycles. The number of amides is 1. The van der Waals surface area contributed by atoms with Crippen LogP contribution < -0.4 is 10.2 Å². The van der Waals surface area contributed by atoms with Gasteiger partial charge in [-0.3, -0.25) is 4.79 Å². The number of carbonyl (C=O) groups is 1. The summed E-state index contributed by atoms with van der Waals surface area (Å²) in [5.74, 6) is -0.271. The topological polar surface area (TPSA) is 56.1 Å². The van der Waals surface area contributed by atoms with E-state index in [4.69, 9.17) is 5.26 Å². The first-order valence-corrected chi connectivity index (χ1v) is 7.45. The van der Waals surface area contributed by atoms with Gasteiger partial charge in [0.15, 0.2) is 0 Å². The van der Waals surface area contributed by atoms with Crippen molar-refractivity contribution in [1.82, 2.24) is 5.32 Å². The smallest absolute Gasteiger partial charge is 0.262 e. The number of hydrogen-bond acceptors (Lipinski definition) is 3. The van der Waals surface area contributed by atoms with Crippen LogP contribution in [0, 0.1) is 11.3 Å². The van der Waals surface area contributed by atoms with Crippen LogP contribution >= 0.6 is 0 Å². The molecule has 0 bridgehead atoms. The van der Waals surface area contributed by atoms with Crippen molar-refractivity contribution in [2.24, 2.45) is 0 Å². The van der Waals surface area contributed by atoms with Crippen LogP contribution in [0.4, 0.5) is 5.69 Å². The molecule has 1 aliphatic rings. The number of hydrogen-bond donors (Lipinski definition) is 1. The fourth-order valence-electron chi connectivity index (χ4n) is 2.18. The maximum Gasteiger partial charge on any atom is 0.262 e. The first-order valence-electron chi connectivity index (χ1n) is 7.45. The van der Waals surface area contributed by atoms with Crippen molar-refractivity contribution in [2.45, 2.75) is 32.7 Å². The zero-order chi connectivity index (χ0) is 15.2. The zero-order valence-electron chi connectivity index (χ0n) is 12.6. The lowest BCUT2D eigenvalue weighted by atomic mass is 10.1. The van der Waals surface area contributed by atoms with Crippen LogP contribution in [0.2, 0.25) is 0 Å². The van der Waals surface area contributed by atoms with E-state index in [1.54, 1.807) is 6.08 Å². The Morgan fingerprint density at radius 2 is 1.95 bits per heavy atom. The fraction of sp³-hybridized carbons (Fsp3) is 0.412. The Hall–Kier alpha value is -2.28. The highest BCUT2D eigenvalue weighted by Crippen LogP contribution is 2.20. The summed E-state index contributed by atoms with van der Waals surface area (Å²) in [6.07, 6.45) is 3.68. The van der Waals surface area contributed by atoms with Gasteiger partial charge in [0.25, 0.3) is 5.91 Å². The molecule has 0 saturated heterocycles. The predicted octanol–water partition coefficient (Wildman–Crippen LogP) is 2.72. The molecule has 1 fully saturated rings. The van der Waals surface area contributed by atoms with Gasteiger partial charge in [-0.05, 0) is 50.5 Å². The Kier molecular flexibility index (Phi) is 4.99. The second-order valence-electron chi connectivity index (χ2n) is 5.18. The Balaban J connectivity index is 2.11. The van der Waals surface area contributed by atoms with Crippen molar-refractivity contribution < 1.29 is 4.79 Å². The summed E-state index contributed by atoms with van der Waals surface area (Å²) in [5.41, 5.74) is 2.18. The molecule has 0 aromatic heterocycles. The number of carbonyl (C=O) groups excluding carboxylic acids is 1. The van der Waals surface area contributed by atoms with E-state index < -0.39 is 0 Å². The molecule has 0 heterocycles. The van der Waals surface area contributed by atoms with Crippen molar-refractivity contribution in [2.75, 3.05) is 18.0 Å². The van der Waals surface area contributed by atoms with E-state index in [0.717, 1.165) is 37.2 Å². The molecule has 1 amide bonds. The molecule has 0 atom stereocenters. The Morgan fingerprint density at radius 1 is 1.33 bits per heavy atom. The van der Waals surface area contributed by atoms with Crippen molar-refractivity contribution in [1.29, 1.82) is 5.26 Å². The molecule has 0 unspecified atom stereocenters. The van der Waals surface area contributed by atoms with Crippen LogP contribution in [0.15, 0.2) is 29.8 Å². The number of anilines is 1. The highest BCUT2D eigenvalue weighted by Gasteiger charge is 2.24. The first-order chi connectivity index (χ1) is 10.2. The van der Waals surface area contributed by atoms with E-state index in [9.17, 15) is 4.79 Å². The molecule has 0 aliphatic heterocycles. The zero-order valence-corrected chi connectivity index (χ0v) is 12.6. The molecule has 2 rings (SSSR count). The molecular formula is C17H21N3O. The molecule has 1 saturated carbocycles. The summed E-state index contributed by atoms with van der Waals surface area (Å²) in [4.78, 5) is 14.1. The third kappa shape index (κ3) is 4.09. The van der Waals surface area contributed by atoms with Crippen molar-refractivity contribution >= 4 is 17.7 Å². The van der Waals surface area contributed by atoms with Gasteiger partial charge in [0.1, 0.15) is 11.6 Å².